The minimum absolute atomic E-state index is 0.111. The predicted molar refractivity (Wildman–Crippen MR) is 54.1 cm³/mol. The van der Waals surface area contributed by atoms with Crippen LogP contribution in [0.5, 0.6) is 0 Å². The summed E-state index contributed by atoms with van der Waals surface area (Å²) in [6.45, 7) is 2.01. The SMILES string of the molecule is Cc1ccc([C@@]23C[C@@H]2C(=O)NC3=O)cc1. The van der Waals surface area contributed by atoms with Crippen molar-refractivity contribution in [2.75, 3.05) is 0 Å². The van der Waals surface area contributed by atoms with Crippen LogP contribution in [0.2, 0.25) is 0 Å². The van der Waals surface area contributed by atoms with Crippen LogP contribution < -0.4 is 5.32 Å². The molecular weight excluding hydrogens is 190 g/mol. The number of piperidine rings is 1. The van der Waals surface area contributed by atoms with Crippen molar-refractivity contribution in [2.24, 2.45) is 5.92 Å². The highest BCUT2D eigenvalue weighted by Crippen LogP contribution is 2.57. The van der Waals surface area contributed by atoms with Gasteiger partial charge in [0.05, 0.1) is 11.3 Å². The molecule has 1 saturated heterocycles. The number of benzene rings is 1. The van der Waals surface area contributed by atoms with Crippen LogP contribution in [0.25, 0.3) is 0 Å². The van der Waals surface area contributed by atoms with Gasteiger partial charge in [-0.25, -0.2) is 0 Å². The molecule has 2 atom stereocenters. The van der Waals surface area contributed by atoms with Gasteiger partial charge in [-0.3, -0.25) is 14.9 Å². The maximum absolute atomic E-state index is 11.7. The van der Waals surface area contributed by atoms with Gasteiger partial charge in [-0.15, -0.1) is 0 Å². The number of nitrogens with one attached hydrogen (secondary N) is 1. The van der Waals surface area contributed by atoms with E-state index in [1.807, 2.05) is 31.2 Å². The summed E-state index contributed by atoms with van der Waals surface area (Å²) < 4.78 is 0. The van der Waals surface area contributed by atoms with Crippen molar-refractivity contribution in [3.63, 3.8) is 0 Å². The monoisotopic (exact) mass is 201 g/mol. The molecule has 15 heavy (non-hydrogen) atoms. The Morgan fingerprint density at radius 3 is 2.40 bits per heavy atom. The van der Waals surface area contributed by atoms with Gasteiger partial charge >= 0.3 is 0 Å². The van der Waals surface area contributed by atoms with Gasteiger partial charge in [-0.1, -0.05) is 29.8 Å². The lowest BCUT2D eigenvalue weighted by Gasteiger charge is -2.09. The molecule has 0 radical (unpaired) electrons. The van der Waals surface area contributed by atoms with Crippen molar-refractivity contribution in [3.05, 3.63) is 35.4 Å². The Labute approximate surface area is 87.5 Å². The Morgan fingerprint density at radius 2 is 1.93 bits per heavy atom. The summed E-state index contributed by atoms with van der Waals surface area (Å²) in [5.41, 5.74) is 1.61. The smallest absolute Gasteiger partial charge is 0.238 e. The third-order valence-electron chi connectivity index (χ3n) is 3.49. The predicted octanol–water partition coefficient (Wildman–Crippen LogP) is 0.909. The summed E-state index contributed by atoms with van der Waals surface area (Å²) in [6, 6.07) is 7.87. The Kier molecular flexibility index (Phi) is 1.43. The van der Waals surface area contributed by atoms with Gasteiger partial charge in [0.2, 0.25) is 11.8 Å². The van der Waals surface area contributed by atoms with Crippen LogP contribution in [0, 0.1) is 12.8 Å². The number of carbonyl (C=O) groups excluding carboxylic acids is 2. The first-order valence-corrected chi connectivity index (χ1v) is 5.07. The third-order valence-corrected chi connectivity index (χ3v) is 3.49. The molecule has 1 aliphatic carbocycles. The second-order valence-corrected chi connectivity index (χ2v) is 4.41. The van der Waals surface area contributed by atoms with Crippen molar-refractivity contribution in [2.45, 2.75) is 18.8 Å². The molecule has 1 aromatic carbocycles. The third kappa shape index (κ3) is 0.950. The van der Waals surface area contributed by atoms with Crippen LogP contribution in [0.1, 0.15) is 17.5 Å². The quantitative estimate of drug-likeness (QED) is 0.686. The number of amides is 2. The van der Waals surface area contributed by atoms with Gasteiger partial charge < -0.3 is 0 Å². The molecule has 3 heteroatoms. The lowest BCUT2D eigenvalue weighted by atomic mass is 9.93. The van der Waals surface area contributed by atoms with Gasteiger partial charge in [0.1, 0.15) is 0 Å². The van der Waals surface area contributed by atoms with Crippen LogP contribution in [0.4, 0.5) is 0 Å². The lowest BCUT2D eigenvalue weighted by molar-refractivity contribution is -0.127. The minimum Gasteiger partial charge on any atom is -0.295 e. The zero-order valence-electron chi connectivity index (χ0n) is 8.41. The van der Waals surface area contributed by atoms with Crippen molar-refractivity contribution in [3.8, 4) is 0 Å². The van der Waals surface area contributed by atoms with Crippen LogP contribution >= 0.6 is 0 Å². The molecule has 1 N–H and O–H groups in total. The van der Waals surface area contributed by atoms with E-state index in [0.717, 1.165) is 11.1 Å². The number of imide groups is 1. The lowest BCUT2D eigenvalue weighted by Crippen LogP contribution is -2.30. The molecule has 1 aromatic rings. The van der Waals surface area contributed by atoms with Gasteiger partial charge in [-0.2, -0.15) is 0 Å². The summed E-state index contributed by atoms with van der Waals surface area (Å²) >= 11 is 0. The normalized spacial score (nSPS) is 32.5. The highest BCUT2D eigenvalue weighted by Gasteiger charge is 2.69. The topological polar surface area (TPSA) is 46.2 Å². The average molecular weight is 201 g/mol. The Balaban J connectivity index is 2.06. The van der Waals surface area contributed by atoms with E-state index >= 15 is 0 Å². The van der Waals surface area contributed by atoms with Crippen molar-refractivity contribution in [1.29, 1.82) is 0 Å². The molecule has 2 aliphatic rings. The van der Waals surface area contributed by atoms with E-state index < -0.39 is 5.41 Å². The van der Waals surface area contributed by atoms with Gasteiger partial charge in [0, 0.05) is 0 Å². The zero-order valence-corrected chi connectivity index (χ0v) is 8.41. The molecular formula is C12H11NO2. The van der Waals surface area contributed by atoms with Crippen molar-refractivity contribution in [1.82, 2.24) is 5.32 Å². The largest absolute Gasteiger partial charge is 0.295 e. The molecule has 0 aromatic heterocycles. The number of hydrogen-bond donors (Lipinski definition) is 1. The Hall–Kier alpha value is -1.64. The van der Waals surface area contributed by atoms with E-state index in [0.29, 0.717) is 6.42 Å². The van der Waals surface area contributed by atoms with E-state index in [1.54, 1.807) is 0 Å². The highest BCUT2D eigenvalue weighted by molar-refractivity contribution is 6.15. The molecule has 3 nitrogen and oxygen atoms in total. The Morgan fingerprint density at radius 1 is 1.27 bits per heavy atom. The molecule has 2 amide bonds. The summed E-state index contributed by atoms with van der Waals surface area (Å²) in [6.07, 6.45) is 0.681. The van der Waals surface area contributed by atoms with E-state index in [9.17, 15) is 9.59 Å². The molecule has 1 aliphatic heterocycles. The van der Waals surface area contributed by atoms with E-state index in [2.05, 4.69) is 5.32 Å². The second kappa shape index (κ2) is 2.48. The standard InChI is InChI=1S/C12H11NO2/c1-7-2-4-8(5-3-7)12-6-9(12)10(14)13-11(12)15/h2-5,9H,6H2,1H3,(H,13,14,15)/t9-,12+/m1/s1. The molecule has 76 valence electrons. The Bertz CT molecular complexity index is 463. The summed E-state index contributed by atoms with van der Waals surface area (Å²) in [5, 5.41) is 2.39. The van der Waals surface area contributed by atoms with Gasteiger partial charge in [0.15, 0.2) is 0 Å². The summed E-state index contributed by atoms with van der Waals surface area (Å²) in [4.78, 5) is 23.0. The molecule has 1 saturated carbocycles. The maximum atomic E-state index is 11.7. The maximum Gasteiger partial charge on any atom is 0.238 e. The molecule has 3 rings (SSSR count). The highest BCUT2D eigenvalue weighted by atomic mass is 16.2. The number of fused-ring (bicyclic) bond motifs is 1. The summed E-state index contributed by atoms with van der Waals surface area (Å²) in [5.74, 6) is -0.352. The van der Waals surface area contributed by atoms with Crippen molar-refractivity contribution < 1.29 is 9.59 Å². The van der Waals surface area contributed by atoms with Gasteiger partial charge in [-0.05, 0) is 18.9 Å². The van der Waals surface area contributed by atoms with Crippen LogP contribution in [0.3, 0.4) is 0 Å². The number of carbonyl (C=O) groups is 2. The molecule has 1 heterocycles. The zero-order chi connectivity index (χ0) is 10.6. The average Bonchev–Trinajstić information content (AvgIpc) is 2.90. The number of rotatable bonds is 1. The van der Waals surface area contributed by atoms with E-state index in [4.69, 9.17) is 0 Å². The van der Waals surface area contributed by atoms with E-state index in [-0.39, 0.29) is 17.7 Å². The molecule has 0 bridgehead atoms. The molecule has 0 spiro atoms. The summed E-state index contributed by atoms with van der Waals surface area (Å²) in [7, 11) is 0. The molecule has 2 fully saturated rings. The second-order valence-electron chi connectivity index (χ2n) is 4.41. The fourth-order valence-electron chi connectivity index (χ4n) is 2.44. The van der Waals surface area contributed by atoms with Crippen LogP contribution in [0.15, 0.2) is 24.3 Å². The van der Waals surface area contributed by atoms with E-state index in [1.165, 1.54) is 0 Å². The number of hydrogen-bond acceptors (Lipinski definition) is 2. The van der Waals surface area contributed by atoms with Crippen LogP contribution in [-0.4, -0.2) is 11.8 Å². The first kappa shape index (κ1) is 8.65. The van der Waals surface area contributed by atoms with Gasteiger partial charge in [0.25, 0.3) is 0 Å². The first-order chi connectivity index (χ1) is 7.14. The minimum atomic E-state index is -0.523. The number of aryl methyl sites for hydroxylation is 1. The van der Waals surface area contributed by atoms with Crippen molar-refractivity contribution >= 4 is 11.8 Å². The first-order valence-electron chi connectivity index (χ1n) is 5.07. The fourth-order valence-corrected chi connectivity index (χ4v) is 2.44. The molecule has 0 unspecified atom stereocenters. The van der Waals surface area contributed by atoms with Crippen LogP contribution in [-0.2, 0) is 15.0 Å². The fraction of sp³-hybridized carbons (Fsp3) is 0.333.